The Morgan fingerprint density at radius 1 is 1.35 bits per heavy atom. The normalized spacial score (nSPS) is 33.6. The molecule has 3 atom stereocenters. The minimum atomic E-state index is 0.273. The van der Waals surface area contributed by atoms with Gasteiger partial charge in [0.15, 0.2) is 0 Å². The molecular weight excluding hydrogens is 212 g/mol. The third-order valence-electron chi connectivity index (χ3n) is 4.24. The summed E-state index contributed by atoms with van der Waals surface area (Å²) in [6, 6.07) is 0.460. The van der Waals surface area contributed by atoms with Gasteiger partial charge in [0.05, 0.1) is 0 Å². The van der Waals surface area contributed by atoms with Crippen LogP contribution in [0.25, 0.3) is 0 Å². The van der Waals surface area contributed by atoms with Gasteiger partial charge in [0.25, 0.3) is 0 Å². The van der Waals surface area contributed by atoms with E-state index >= 15 is 0 Å². The van der Waals surface area contributed by atoms with Crippen LogP contribution in [-0.2, 0) is 4.79 Å². The van der Waals surface area contributed by atoms with Crippen molar-refractivity contribution in [2.75, 3.05) is 13.1 Å². The molecule has 3 unspecified atom stereocenters. The molecule has 2 N–H and O–H groups in total. The molecule has 0 aromatic heterocycles. The maximum absolute atomic E-state index is 11.8. The first kappa shape index (κ1) is 12.9. The Hall–Kier alpha value is -0.570. The SMILES string of the molecule is CC1CCC(NC(=O)CCC2CCCNC2)C1. The Labute approximate surface area is 105 Å². The fourth-order valence-corrected chi connectivity index (χ4v) is 3.14. The lowest BCUT2D eigenvalue weighted by atomic mass is 9.94. The second-order valence-electron chi connectivity index (χ2n) is 5.93. The summed E-state index contributed by atoms with van der Waals surface area (Å²) in [6.45, 7) is 4.54. The van der Waals surface area contributed by atoms with Crippen molar-refractivity contribution in [1.82, 2.24) is 10.6 Å². The number of nitrogens with one attached hydrogen (secondary N) is 2. The van der Waals surface area contributed by atoms with Crippen LogP contribution < -0.4 is 10.6 Å². The van der Waals surface area contributed by atoms with Crippen molar-refractivity contribution in [3.05, 3.63) is 0 Å². The van der Waals surface area contributed by atoms with E-state index in [1.54, 1.807) is 0 Å². The van der Waals surface area contributed by atoms with Crippen molar-refractivity contribution in [2.24, 2.45) is 11.8 Å². The zero-order valence-electron chi connectivity index (χ0n) is 11.0. The second-order valence-corrected chi connectivity index (χ2v) is 5.93. The molecule has 0 spiro atoms. The van der Waals surface area contributed by atoms with Crippen molar-refractivity contribution in [3.63, 3.8) is 0 Å². The van der Waals surface area contributed by atoms with Crippen LogP contribution in [0.2, 0.25) is 0 Å². The fourth-order valence-electron chi connectivity index (χ4n) is 3.14. The Kier molecular flexibility index (Phi) is 4.84. The topological polar surface area (TPSA) is 41.1 Å². The number of hydrogen-bond donors (Lipinski definition) is 2. The van der Waals surface area contributed by atoms with Gasteiger partial charge in [-0.25, -0.2) is 0 Å². The molecule has 1 heterocycles. The first-order chi connectivity index (χ1) is 8.24. The number of rotatable bonds is 4. The molecule has 98 valence electrons. The van der Waals surface area contributed by atoms with Gasteiger partial charge >= 0.3 is 0 Å². The van der Waals surface area contributed by atoms with E-state index in [2.05, 4.69) is 17.6 Å². The molecule has 3 nitrogen and oxygen atoms in total. The summed E-state index contributed by atoms with van der Waals surface area (Å²) in [5, 5.41) is 6.60. The predicted molar refractivity (Wildman–Crippen MR) is 69.8 cm³/mol. The van der Waals surface area contributed by atoms with Gasteiger partial charge in [-0.3, -0.25) is 4.79 Å². The molecule has 17 heavy (non-hydrogen) atoms. The molecule has 2 rings (SSSR count). The molecule has 1 saturated carbocycles. The molecule has 0 bridgehead atoms. The molecular formula is C14H26N2O. The van der Waals surface area contributed by atoms with Gasteiger partial charge in [-0.15, -0.1) is 0 Å². The van der Waals surface area contributed by atoms with Crippen molar-refractivity contribution in [2.45, 2.75) is 57.9 Å². The average molecular weight is 238 g/mol. The van der Waals surface area contributed by atoms with Crippen molar-refractivity contribution < 1.29 is 4.79 Å². The largest absolute Gasteiger partial charge is 0.353 e. The van der Waals surface area contributed by atoms with Crippen LogP contribution in [0.3, 0.4) is 0 Å². The molecule has 1 aliphatic heterocycles. The third kappa shape index (κ3) is 4.30. The lowest BCUT2D eigenvalue weighted by Gasteiger charge is -2.22. The van der Waals surface area contributed by atoms with E-state index in [0.29, 0.717) is 6.04 Å². The van der Waals surface area contributed by atoms with E-state index in [1.165, 1.54) is 32.1 Å². The quantitative estimate of drug-likeness (QED) is 0.787. The van der Waals surface area contributed by atoms with E-state index in [4.69, 9.17) is 0 Å². The van der Waals surface area contributed by atoms with Crippen LogP contribution in [0, 0.1) is 11.8 Å². The number of amides is 1. The van der Waals surface area contributed by atoms with Crippen LogP contribution in [0.1, 0.15) is 51.9 Å². The Balaban J connectivity index is 1.60. The number of hydrogen-bond acceptors (Lipinski definition) is 2. The highest BCUT2D eigenvalue weighted by atomic mass is 16.1. The zero-order valence-corrected chi connectivity index (χ0v) is 11.0. The Morgan fingerprint density at radius 3 is 2.88 bits per heavy atom. The molecule has 2 fully saturated rings. The van der Waals surface area contributed by atoms with Crippen LogP contribution in [0.5, 0.6) is 0 Å². The summed E-state index contributed by atoms with van der Waals surface area (Å²) >= 11 is 0. The first-order valence-corrected chi connectivity index (χ1v) is 7.24. The second kappa shape index (κ2) is 6.39. The molecule has 3 heteroatoms. The third-order valence-corrected chi connectivity index (χ3v) is 4.24. The summed E-state index contributed by atoms with van der Waals surface area (Å²) < 4.78 is 0. The van der Waals surface area contributed by atoms with Crippen LogP contribution in [0.4, 0.5) is 0 Å². The minimum absolute atomic E-state index is 0.273. The van der Waals surface area contributed by atoms with Gasteiger partial charge in [0.2, 0.25) is 5.91 Å². The molecule has 0 radical (unpaired) electrons. The molecule has 1 aliphatic carbocycles. The fraction of sp³-hybridized carbons (Fsp3) is 0.929. The summed E-state index contributed by atoms with van der Waals surface area (Å²) in [5.41, 5.74) is 0. The molecule has 1 amide bonds. The van der Waals surface area contributed by atoms with E-state index in [0.717, 1.165) is 37.8 Å². The number of carbonyl (C=O) groups is 1. The minimum Gasteiger partial charge on any atom is -0.353 e. The molecule has 1 saturated heterocycles. The zero-order chi connectivity index (χ0) is 12.1. The molecule has 0 aromatic rings. The van der Waals surface area contributed by atoms with Gasteiger partial charge in [0, 0.05) is 12.5 Å². The van der Waals surface area contributed by atoms with E-state index in [9.17, 15) is 4.79 Å². The Bertz CT molecular complexity index is 249. The molecule has 2 aliphatic rings. The van der Waals surface area contributed by atoms with Gasteiger partial charge < -0.3 is 10.6 Å². The standard InChI is InChI=1S/C14H26N2O/c1-11-4-6-13(9-11)16-14(17)7-5-12-3-2-8-15-10-12/h11-13,15H,2-10H2,1H3,(H,16,17). The lowest BCUT2D eigenvalue weighted by molar-refractivity contribution is -0.122. The van der Waals surface area contributed by atoms with Gasteiger partial charge in [-0.05, 0) is 63.5 Å². The van der Waals surface area contributed by atoms with Crippen molar-refractivity contribution in [1.29, 1.82) is 0 Å². The van der Waals surface area contributed by atoms with Gasteiger partial charge in [0.1, 0.15) is 0 Å². The number of piperidine rings is 1. The summed E-state index contributed by atoms with van der Waals surface area (Å²) in [4.78, 5) is 11.8. The summed E-state index contributed by atoms with van der Waals surface area (Å²) in [7, 11) is 0. The maximum Gasteiger partial charge on any atom is 0.220 e. The smallest absolute Gasteiger partial charge is 0.220 e. The van der Waals surface area contributed by atoms with Crippen LogP contribution >= 0.6 is 0 Å². The average Bonchev–Trinajstić information content (AvgIpc) is 2.73. The highest BCUT2D eigenvalue weighted by Gasteiger charge is 2.23. The predicted octanol–water partition coefficient (Wildman–Crippen LogP) is 2.07. The highest BCUT2D eigenvalue weighted by molar-refractivity contribution is 5.76. The van der Waals surface area contributed by atoms with Crippen molar-refractivity contribution >= 4 is 5.91 Å². The molecule has 0 aromatic carbocycles. The summed E-state index contributed by atoms with van der Waals surface area (Å²) in [6.07, 6.45) is 7.97. The van der Waals surface area contributed by atoms with Crippen LogP contribution in [-0.4, -0.2) is 25.0 Å². The van der Waals surface area contributed by atoms with E-state index < -0.39 is 0 Å². The van der Waals surface area contributed by atoms with Gasteiger partial charge in [-0.1, -0.05) is 6.92 Å². The van der Waals surface area contributed by atoms with E-state index in [1.807, 2.05) is 0 Å². The number of carbonyl (C=O) groups excluding carboxylic acids is 1. The Morgan fingerprint density at radius 2 is 2.24 bits per heavy atom. The lowest BCUT2D eigenvalue weighted by Crippen LogP contribution is -2.34. The maximum atomic E-state index is 11.8. The first-order valence-electron chi connectivity index (χ1n) is 7.24. The van der Waals surface area contributed by atoms with E-state index in [-0.39, 0.29) is 5.91 Å². The highest BCUT2D eigenvalue weighted by Crippen LogP contribution is 2.24. The van der Waals surface area contributed by atoms with Crippen LogP contribution in [0.15, 0.2) is 0 Å². The van der Waals surface area contributed by atoms with Crippen molar-refractivity contribution in [3.8, 4) is 0 Å². The monoisotopic (exact) mass is 238 g/mol. The van der Waals surface area contributed by atoms with Gasteiger partial charge in [-0.2, -0.15) is 0 Å². The summed E-state index contributed by atoms with van der Waals surface area (Å²) in [5.74, 6) is 1.79.